The number of aromatic nitrogens is 11. The van der Waals surface area contributed by atoms with Gasteiger partial charge in [-0.15, -0.1) is 0 Å². The minimum Gasteiger partial charge on any atom is -0.493 e. The van der Waals surface area contributed by atoms with E-state index in [0.717, 1.165) is 86.6 Å². The first-order chi connectivity index (χ1) is 60.0. The summed E-state index contributed by atoms with van der Waals surface area (Å²) in [7, 11) is 3.60. The second kappa shape index (κ2) is 45.7. The SMILES string of the molecule is CCOc1cc2nc(C3CC3)cn2cc1CC(=O)c1cccn(CC(F)(F)F)c1=O.CCOc1cc2nc(C3CC3)cn2cc1CC(=O)c1cccnc1OCC(F)(F)F.CCOc1ncccc1C(=O)O.CCOc1ncccc1C(=O)OC.COC(=O)c1ccc[nH]c1=O.COC(=O)c1cccn(CC(F)(F)F)c1=O.O=C(O)c1cccn(CC(F)(F)F)c1=O. The lowest BCUT2D eigenvalue weighted by Gasteiger charge is -2.13. The molecule has 2 saturated carbocycles. The molecule has 13 rings (SSSR count). The van der Waals surface area contributed by atoms with Gasteiger partial charge in [0.05, 0.1) is 70.3 Å². The lowest BCUT2D eigenvalue weighted by atomic mass is 10.0. The minimum absolute atomic E-state index is 0.00593. The van der Waals surface area contributed by atoms with Crippen molar-refractivity contribution in [3.63, 3.8) is 0 Å². The van der Waals surface area contributed by atoms with Gasteiger partial charge in [-0.25, -0.2) is 48.9 Å². The zero-order chi connectivity index (χ0) is 93.7. The number of ketones is 2. The van der Waals surface area contributed by atoms with Gasteiger partial charge in [0.1, 0.15) is 70.2 Å². The highest BCUT2D eigenvalue weighted by atomic mass is 19.4. The van der Waals surface area contributed by atoms with E-state index in [0.29, 0.717) is 91.7 Å². The average Bonchev–Trinajstić information content (AvgIpc) is 1.65. The van der Waals surface area contributed by atoms with Crippen LogP contribution in [0.5, 0.6) is 29.1 Å². The summed E-state index contributed by atoms with van der Waals surface area (Å²) in [6, 6.07) is 22.5. The molecule has 11 aromatic heterocycles. The molecule has 0 aromatic carbocycles. The van der Waals surface area contributed by atoms with Gasteiger partial charge in [-0.05, 0) is 138 Å². The van der Waals surface area contributed by atoms with Crippen molar-refractivity contribution in [1.29, 1.82) is 0 Å². The van der Waals surface area contributed by atoms with E-state index in [2.05, 4.69) is 44.1 Å². The Morgan fingerprint density at radius 3 is 1.16 bits per heavy atom. The Labute approximate surface area is 710 Å². The number of hydrogen-bond acceptors (Lipinski definition) is 24. The molecule has 11 aromatic rings. The minimum atomic E-state index is -4.56. The first kappa shape index (κ1) is 99.6. The van der Waals surface area contributed by atoms with Gasteiger partial charge in [-0.1, -0.05) is 0 Å². The third-order valence-electron chi connectivity index (χ3n) is 17.0. The summed E-state index contributed by atoms with van der Waals surface area (Å²) in [5.41, 5.74) is 0.0793. The molecule has 2 aliphatic rings. The van der Waals surface area contributed by atoms with Crippen molar-refractivity contribution < 1.29 is 134 Å². The van der Waals surface area contributed by atoms with Crippen molar-refractivity contribution in [1.82, 2.24) is 52.4 Å². The Balaban J connectivity index is 0.000000211. The van der Waals surface area contributed by atoms with Gasteiger partial charge >= 0.3 is 54.6 Å². The summed E-state index contributed by atoms with van der Waals surface area (Å²) in [4.78, 5) is 149. The molecular weight excluding hydrogens is 1710 g/mol. The number of carboxylic acids is 2. The van der Waals surface area contributed by atoms with Gasteiger partial charge in [-0.2, -0.15) is 52.7 Å². The summed E-state index contributed by atoms with van der Waals surface area (Å²) in [6.07, 6.45) is 2.09. The van der Waals surface area contributed by atoms with Gasteiger partial charge in [0, 0.05) is 116 Å². The van der Waals surface area contributed by atoms with Crippen molar-refractivity contribution >= 4 is 52.7 Å². The fraction of sp³-hybridized carbons (Fsp3) is 0.325. The van der Waals surface area contributed by atoms with Crippen LogP contribution in [0.2, 0.25) is 0 Å². The second-order valence-corrected chi connectivity index (χ2v) is 26.5. The van der Waals surface area contributed by atoms with Gasteiger partial charge in [0.25, 0.3) is 22.2 Å². The number of halogens is 12. The summed E-state index contributed by atoms with van der Waals surface area (Å²) in [6.45, 7) is 3.03. The van der Waals surface area contributed by atoms with E-state index in [1.165, 1.54) is 75.3 Å². The van der Waals surface area contributed by atoms with Crippen LogP contribution < -0.4 is 45.9 Å². The lowest BCUT2D eigenvalue weighted by Crippen LogP contribution is -2.31. The summed E-state index contributed by atoms with van der Waals surface area (Å²) in [5, 5.41) is 17.2. The Bertz CT molecular complexity index is 5910. The van der Waals surface area contributed by atoms with E-state index in [4.69, 9.17) is 33.9 Å². The van der Waals surface area contributed by atoms with Crippen LogP contribution in [0.1, 0.15) is 160 Å². The van der Waals surface area contributed by atoms with Crippen LogP contribution in [0.3, 0.4) is 0 Å². The molecule has 11 heterocycles. The molecule has 0 spiro atoms. The number of methoxy groups -OCH3 is 3. The number of carbonyl (C=O) groups is 7. The molecule has 2 fully saturated rings. The number of carboxylic acid groups (broad SMARTS) is 2. The molecule has 0 atom stereocenters. The molecule has 0 bridgehead atoms. The summed E-state index contributed by atoms with van der Waals surface area (Å²) >= 11 is 0. The Kier molecular flexibility index (Phi) is 35.9. The molecular formula is C83H81F12N11O21. The number of aromatic carboxylic acids is 2. The number of nitrogens with zero attached hydrogens (tertiary/aromatic N) is 10. The number of carbonyl (C=O) groups excluding carboxylic acids is 5. The van der Waals surface area contributed by atoms with Gasteiger partial charge in [-0.3, -0.25) is 28.8 Å². The van der Waals surface area contributed by atoms with Crippen LogP contribution in [0.25, 0.3) is 11.3 Å². The number of esters is 3. The number of Topliss-reactive ketones (excluding diaryl/α,β-unsaturated/α-hetero) is 2. The Morgan fingerprint density at radius 2 is 0.764 bits per heavy atom. The first-order valence-electron chi connectivity index (χ1n) is 37.9. The number of fused-ring (bicyclic) bond motifs is 2. The molecule has 678 valence electrons. The van der Waals surface area contributed by atoms with Crippen LogP contribution >= 0.6 is 0 Å². The molecule has 44 heteroatoms. The number of nitrogens with one attached hydrogen (secondary N) is 1. The molecule has 0 saturated heterocycles. The highest BCUT2D eigenvalue weighted by molar-refractivity contribution is 6.00. The third-order valence-corrected chi connectivity index (χ3v) is 17.0. The van der Waals surface area contributed by atoms with Crippen molar-refractivity contribution in [3.8, 4) is 29.1 Å². The number of rotatable bonds is 26. The fourth-order valence-corrected chi connectivity index (χ4v) is 11.2. The predicted molar refractivity (Wildman–Crippen MR) is 425 cm³/mol. The zero-order valence-electron chi connectivity index (χ0n) is 68.3. The van der Waals surface area contributed by atoms with Crippen molar-refractivity contribution in [2.24, 2.45) is 0 Å². The number of hydrogen-bond donors (Lipinski definition) is 3. The smallest absolute Gasteiger partial charge is 0.422 e. The van der Waals surface area contributed by atoms with Gasteiger partial charge < -0.3 is 75.6 Å². The number of alkyl halides is 12. The Hall–Kier alpha value is -14.5. The van der Waals surface area contributed by atoms with E-state index < -0.39 is 126 Å². The molecule has 0 aliphatic heterocycles. The predicted octanol–water partition coefficient (Wildman–Crippen LogP) is 13.0. The standard InChI is InChI=1S/2C21H20F3N3O3.C9H8F3NO3.C9H11NO3.C8H6F3NO3.C8H9NO3.C7H7NO3/c1-2-30-18-9-19-25-16(13-5-6-13)11-27(19)10-14(18)8-17(28)15-4-3-7-26(20(15)29)12-21(22,23)24;1-2-29-18-9-19-26-16(13-5-6-13)11-27(19)10-14(18)8-17(28)15-4-3-7-25-20(15)30-12-21(22,23)24;1-16-8(15)6-3-2-4-13(7(6)14)5-9(10,11)12;1-3-13-8-7(9(11)12-2)5-4-6-10-8;9-8(10,11)4-12-3-1-2-5(6(12)13)7(14)15;1-2-12-7-6(8(10)11)4-3-5-9-7;1-11-7(10)5-3-2-4-8-6(5)9/h2*3-4,7,9-11,13H,2,5-6,8,12H2,1H3;2-4H,5H2,1H3;4-6H,3H2,1-2H3;1-3H,4H2,(H,14,15);3-5H,2H2,1H3,(H,10,11);2-4H,1H3,(H,8,9). The van der Waals surface area contributed by atoms with Crippen LogP contribution in [0, 0.1) is 0 Å². The molecule has 127 heavy (non-hydrogen) atoms. The highest BCUT2D eigenvalue weighted by Crippen LogP contribution is 2.41. The van der Waals surface area contributed by atoms with E-state index in [1.807, 2.05) is 42.0 Å². The zero-order valence-corrected chi connectivity index (χ0v) is 68.3. The van der Waals surface area contributed by atoms with E-state index in [9.17, 15) is 105 Å². The van der Waals surface area contributed by atoms with E-state index in [-0.39, 0.29) is 46.9 Å². The van der Waals surface area contributed by atoms with Gasteiger partial charge in [0.15, 0.2) is 18.2 Å². The van der Waals surface area contributed by atoms with E-state index in [1.54, 1.807) is 61.9 Å². The number of H-pyrrole nitrogens is 1. The molecule has 0 amide bonds. The second-order valence-electron chi connectivity index (χ2n) is 26.5. The third kappa shape index (κ3) is 30.7. The Morgan fingerprint density at radius 1 is 0.417 bits per heavy atom. The summed E-state index contributed by atoms with van der Waals surface area (Å²) < 4.78 is 192. The molecule has 32 nitrogen and oxygen atoms in total. The van der Waals surface area contributed by atoms with Gasteiger partial charge in [0.2, 0.25) is 17.6 Å². The number of ether oxygens (including phenoxy) is 8. The average molecular weight is 1800 g/mol. The van der Waals surface area contributed by atoms with E-state index >= 15 is 0 Å². The fourth-order valence-electron chi connectivity index (χ4n) is 11.2. The number of aromatic amines is 1. The normalized spacial score (nSPS) is 12.1. The maximum atomic E-state index is 12.9. The number of pyridine rings is 9. The van der Waals surface area contributed by atoms with Crippen molar-refractivity contribution in [2.75, 3.05) is 54.4 Å². The van der Waals surface area contributed by atoms with Crippen LogP contribution in [-0.4, -0.2) is 183 Å². The lowest BCUT2D eigenvalue weighted by molar-refractivity contribution is -0.154. The topological polar surface area (TPSA) is 406 Å². The molecule has 2 aliphatic carbocycles. The first-order valence-corrected chi connectivity index (χ1v) is 37.9. The molecule has 3 N–H and O–H groups in total. The van der Waals surface area contributed by atoms with Crippen LogP contribution in [-0.2, 0) is 46.7 Å². The van der Waals surface area contributed by atoms with Crippen molar-refractivity contribution in [2.45, 2.75) is 122 Å². The highest BCUT2D eigenvalue weighted by Gasteiger charge is 2.34. The number of imidazole rings is 2. The quantitative estimate of drug-likeness (QED) is 0.0196. The monoisotopic (exact) mass is 1800 g/mol. The maximum Gasteiger partial charge on any atom is 0.422 e. The summed E-state index contributed by atoms with van der Waals surface area (Å²) in [5.74, 6) is -3.47. The molecule has 0 radical (unpaired) electrons. The maximum absolute atomic E-state index is 12.9. The molecule has 0 unspecified atom stereocenters. The largest absolute Gasteiger partial charge is 0.493 e. The van der Waals surface area contributed by atoms with Crippen LogP contribution in [0.4, 0.5) is 52.7 Å². The van der Waals surface area contributed by atoms with Crippen LogP contribution in [0.15, 0.2) is 184 Å². The van der Waals surface area contributed by atoms with Crippen molar-refractivity contribution in [3.05, 3.63) is 268 Å².